The maximum Gasteiger partial charge on any atom is 0.387 e. The zero-order valence-electron chi connectivity index (χ0n) is 8.15. The van der Waals surface area contributed by atoms with Crippen molar-refractivity contribution in [1.29, 1.82) is 0 Å². The van der Waals surface area contributed by atoms with Crippen LogP contribution in [0.15, 0.2) is 12.1 Å². The third-order valence-electron chi connectivity index (χ3n) is 1.94. The predicted octanol–water partition coefficient (Wildman–Crippen LogP) is 2.32. The summed E-state index contributed by atoms with van der Waals surface area (Å²) in [6.07, 6.45) is 0.348. The number of nitro benzene ring substituents is 1. The highest BCUT2D eigenvalue weighted by atomic mass is 19.3. The second kappa shape index (κ2) is 4.65. The van der Waals surface area contributed by atoms with Crippen molar-refractivity contribution in [3.8, 4) is 5.75 Å². The second-order valence-corrected chi connectivity index (χ2v) is 2.91. The number of hydrogen-bond acceptors (Lipinski definition) is 4. The Morgan fingerprint density at radius 3 is 2.56 bits per heavy atom. The number of nitrogens with zero attached hydrogens (tertiary/aromatic N) is 1. The highest BCUT2D eigenvalue weighted by Crippen LogP contribution is 2.28. The molecule has 1 aromatic rings. The van der Waals surface area contributed by atoms with Gasteiger partial charge in [0, 0.05) is 17.2 Å². The van der Waals surface area contributed by atoms with E-state index < -0.39 is 17.2 Å². The average Bonchev–Trinajstić information content (AvgIpc) is 2.20. The largest absolute Gasteiger partial charge is 0.434 e. The summed E-state index contributed by atoms with van der Waals surface area (Å²) in [5, 5.41) is 10.5. The average molecular weight is 231 g/mol. The fourth-order valence-electron chi connectivity index (χ4n) is 1.14. The fourth-order valence-corrected chi connectivity index (χ4v) is 1.14. The summed E-state index contributed by atoms with van der Waals surface area (Å²) >= 11 is 0. The molecule has 16 heavy (non-hydrogen) atoms. The van der Waals surface area contributed by atoms with Gasteiger partial charge in [0.2, 0.25) is 0 Å². The summed E-state index contributed by atoms with van der Waals surface area (Å²) in [6.45, 7) is -1.73. The van der Waals surface area contributed by atoms with Crippen molar-refractivity contribution >= 4 is 12.0 Å². The smallest absolute Gasteiger partial charge is 0.387 e. The second-order valence-electron chi connectivity index (χ2n) is 2.91. The van der Waals surface area contributed by atoms with Gasteiger partial charge in [-0.3, -0.25) is 14.9 Å². The van der Waals surface area contributed by atoms with Crippen LogP contribution in [-0.4, -0.2) is 17.8 Å². The summed E-state index contributed by atoms with van der Waals surface area (Å²) in [7, 11) is 0. The summed E-state index contributed by atoms with van der Waals surface area (Å²) in [6, 6.07) is 1.86. The molecule has 0 aliphatic carbocycles. The number of halogens is 2. The maximum absolute atomic E-state index is 12.0. The fraction of sp³-hybridized carbons (Fsp3) is 0.222. The van der Waals surface area contributed by atoms with Crippen LogP contribution in [0.3, 0.4) is 0 Å². The van der Waals surface area contributed by atoms with Gasteiger partial charge in [0.15, 0.2) is 6.29 Å². The van der Waals surface area contributed by atoms with Crippen LogP contribution in [0.2, 0.25) is 0 Å². The van der Waals surface area contributed by atoms with Crippen LogP contribution in [0.5, 0.6) is 5.75 Å². The van der Waals surface area contributed by atoms with Crippen molar-refractivity contribution in [3.05, 3.63) is 33.4 Å². The number of non-ortho nitro benzene ring substituents is 1. The highest BCUT2D eigenvalue weighted by Gasteiger charge is 2.17. The molecule has 1 rings (SSSR count). The minimum absolute atomic E-state index is 0.0511. The first-order chi connectivity index (χ1) is 7.45. The first-order valence-corrected chi connectivity index (χ1v) is 4.14. The van der Waals surface area contributed by atoms with Crippen molar-refractivity contribution in [2.75, 3.05) is 0 Å². The van der Waals surface area contributed by atoms with Crippen molar-refractivity contribution in [1.82, 2.24) is 0 Å². The lowest BCUT2D eigenvalue weighted by Gasteiger charge is -2.08. The lowest BCUT2D eigenvalue weighted by Crippen LogP contribution is -2.05. The molecule has 1 aromatic carbocycles. The van der Waals surface area contributed by atoms with Gasteiger partial charge in [-0.15, -0.1) is 0 Å². The molecule has 7 heteroatoms. The van der Waals surface area contributed by atoms with E-state index in [-0.39, 0.29) is 16.9 Å². The first kappa shape index (κ1) is 12.0. The van der Waals surface area contributed by atoms with Gasteiger partial charge in [-0.2, -0.15) is 8.78 Å². The molecule has 0 unspecified atom stereocenters. The maximum atomic E-state index is 12.0. The number of hydrogen-bond donors (Lipinski definition) is 0. The normalized spacial score (nSPS) is 10.2. The van der Waals surface area contributed by atoms with E-state index in [1.165, 1.54) is 6.92 Å². The summed E-state index contributed by atoms with van der Waals surface area (Å²) < 4.78 is 28.1. The SMILES string of the molecule is Cc1c(C=O)cc([N+](=O)[O-])cc1OC(F)F. The lowest BCUT2D eigenvalue weighted by atomic mass is 10.1. The molecule has 86 valence electrons. The molecule has 0 aliphatic heterocycles. The summed E-state index contributed by atoms with van der Waals surface area (Å²) in [5.41, 5.74) is -0.380. The van der Waals surface area contributed by atoms with E-state index in [1.807, 2.05) is 0 Å². The Morgan fingerprint density at radius 1 is 1.50 bits per heavy atom. The predicted molar refractivity (Wildman–Crippen MR) is 49.9 cm³/mol. The highest BCUT2D eigenvalue weighted by molar-refractivity contribution is 5.80. The Kier molecular flexibility index (Phi) is 3.49. The van der Waals surface area contributed by atoms with Crippen molar-refractivity contribution in [2.24, 2.45) is 0 Å². The van der Waals surface area contributed by atoms with Crippen LogP contribution in [0.4, 0.5) is 14.5 Å². The summed E-state index contributed by atoms with van der Waals surface area (Å²) in [4.78, 5) is 20.3. The molecule has 0 radical (unpaired) electrons. The molecule has 0 spiro atoms. The Balaban J connectivity index is 3.29. The van der Waals surface area contributed by atoms with Gasteiger partial charge in [0.1, 0.15) is 5.75 Å². The molecule has 0 heterocycles. The molecule has 0 saturated heterocycles. The number of carbonyl (C=O) groups excluding carboxylic acids is 1. The van der Waals surface area contributed by atoms with Crippen molar-refractivity contribution in [3.63, 3.8) is 0 Å². The van der Waals surface area contributed by atoms with Gasteiger partial charge in [-0.1, -0.05) is 0 Å². The summed E-state index contributed by atoms with van der Waals surface area (Å²) in [5.74, 6) is -0.369. The van der Waals surface area contributed by atoms with Gasteiger partial charge in [0.25, 0.3) is 5.69 Å². The molecular weight excluding hydrogens is 224 g/mol. The molecule has 0 fully saturated rings. The Bertz CT molecular complexity index is 434. The van der Waals surface area contributed by atoms with E-state index >= 15 is 0 Å². The zero-order valence-corrected chi connectivity index (χ0v) is 8.15. The number of rotatable bonds is 4. The van der Waals surface area contributed by atoms with Crippen LogP contribution in [0, 0.1) is 17.0 Å². The van der Waals surface area contributed by atoms with Gasteiger partial charge in [-0.25, -0.2) is 0 Å². The minimum Gasteiger partial charge on any atom is -0.434 e. The van der Waals surface area contributed by atoms with E-state index in [2.05, 4.69) is 4.74 Å². The molecule has 5 nitrogen and oxygen atoms in total. The van der Waals surface area contributed by atoms with Crippen molar-refractivity contribution in [2.45, 2.75) is 13.5 Å². The van der Waals surface area contributed by atoms with Crippen molar-refractivity contribution < 1.29 is 23.2 Å². The third kappa shape index (κ3) is 2.50. The lowest BCUT2D eigenvalue weighted by molar-refractivity contribution is -0.385. The molecular formula is C9H7F2NO4. The van der Waals surface area contributed by atoms with Crippen LogP contribution < -0.4 is 4.74 Å². The quantitative estimate of drug-likeness (QED) is 0.453. The number of carbonyl (C=O) groups is 1. The molecule has 0 aromatic heterocycles. The number of ether oxygens (including phenoxy) is 1. The monoisotopic (exact) mass is 231 g/mol. The van der Waals surface area contributed by atoms with Crippen LogP contribution in [-0.2, 0) is 0 Å². The van der Waals surface area contributed by atoms with Crippen LogP contribution >= 0.6 is 0 Å². The Labute approximate surface area is 88.8 Å². The number of benzene rings is 1. The van der Waals surface area contributed by atoms with E-state index in [0.29, 0.717) is 6.29 Å². The topological polar surface area (TPSA) is 69.4 Å². The van der Waals surface area contributed by atoms with Crippen LogP contribution in [0.25, 0.3) is 0 Å². The molecule has 0 saturated carbocycles. The third-order valence-corrected chi connectivity index (χ3v) is 1.94. The van der Waals surface area contributed by atoms with Crippen LogP contribution in [0.1, 0.15) is 15.9 Å². The number of nitro groups is 1. The van der Waals surface area contributed by atoms with Gasteiger partial charge in [-0.05, 0) is 6.92 Å². The van der Waals surface area contributed by atoms with E-state index in [4.69, 9.17) is 0 Å². The van der Waals surface area contributed by atoms with E-state index in [1.54, 1.807) is 0 Å². The van der Waals surface area contributed by atoms with Gasteiger partial charge in [0.05, 0.1) is 11.0 Å². The standard InChI is InChI=1S/C9H7F2NO4/c1-5-6(4-13)2-7(12(14)15)3-8(5)16-9(10)11/h2-4,9H,1H3. The van der Waals surface area contributed by atoms with E-state index in [0.717, 1.165) is 12.1 Å². The first-order valence-electron chi connectivity index (χ1n) is 4.14. The molecule has 0 N–H and O–H groups in total. The van der Waals surface area contributed by atoms with Gasteiger partial charge >= 0.3 is 6.61 Å². The molecule has 0 amide bonds. The Morgan fingerprint density at radius 2 is 2.12 bits per heavy atom. The molecule has 0 atom stereocenters. The zero-order chi connectivity index (χ0) is 12.3. The molecule has 0 bridgehead atoms. The van der Waals surface area contributed by atoms with E-state index in [9.17, 15) is 23.7 Å². The van der Waals surface area contributed by atoms with Gasteiger partial charge < -0.3 is 4.74 Å². The Hall–Kier alpha value is -2.05. The molecule has 0 aliphatic rings. The minimum atomic E-state index is -3.10. The number of aldehydes is 1. The number of alkyl halides is 2.